The molecule has 0 radical (unpaired) electrons. The molecule has 1 aromatic heterocycles. The van der Waals surface area contributed by atoms with E-state index in [0.717, 1.165) is 12.3 Å². The molecule has 0 saturated heterocycles. The predicted octanol–water partition coefficient (Wildman–Crippen LogP) is 2.83. The second-order valence-corrected chi connectivity index (χ2v) is 6.03. The number of hydrogen-bond acceptors (Lipinski definition) is 4. The molecule has 0 fully saturated rings. The molecule has 0 spiro atoms. The number of nitrogens with one attached hydrogen (secondary N) is 2. The molecule has 0 bridgehead atoms. The lowest BCUT2D eigenvalue weighted by molar-refractivity contribution is 0.602. The van der Waals surface area contributed by atoms with E-state index in [4.69, 9.17) is 0 Å². The summed E-state index contributed by atoms with van der Waals surface area (Å²) >= 11 is 1.56. The molecule has 2 rings (SSSR count). The first-order valence-corrected chi connectivity index (χ1v) is 8.07. The Hall–Kier alpha value is -1.59. The summed E-state index contributed by atoms with van der Waals surface area (Å²) in [5, 5.41) is 4.17. The van der Waals surface area contributed by atoms with Gasteiger partial charge in [-0.05, 0) is 31.5 Å². The topological polar surface area (TPSA) is 57.8 Å². The van der Waals surface area contributed by atoms with Crippen LogP contribution in [0.1, 0.15) is 29.7 Å². The van der Waals surface area contributed by atoms with Crippen molar-refractivity contribution >= 4 is 11.8 Å². The van der Waals surface area contributed by atoms with Crippen molar-refractivity contribution in [2.24, 2.45) is 0 Å². The minimum atomic E-state index is -0.112. The van der Waals surface area contributed by atoms with Crippen LogP contribution in [0.5, 0.6) is 0 Å². The second kappa shape index (κ2) is 7.43. The second-order valence-electron chi connectivity index (χ2n) is 5.02. The average molecular weight is 303 g/mol. The number of thioether (sulfide) groups is 1. The molecular formula is C16H21N3OS. The highest BCUT2D eigenvalue weighted by Gasteiger charge is 2.14. The Morgan fingerprint density at radius 1 is 1.33 bits per heavy atom. The molecule has 1 atom stereocenters. The van der Waals surface area contributed by atoms with Crippen molar-refractivity contribution in [2.75, 3.05) is 12.3 Å². The Labute approximate surface area is 129 Å². The normalized spacial score (nSPS) is 12.3. The standard InChI is InChI=1S/C16H21N3OS/c1-4-17-14(13-6-5-11(2)9-12(13)3)10-21-16-18-8-7-15(20)19-16/h5-9,14,17H,4,10H2,1-3H3,(H,18,19,20). The Morgan fingerprint density at radius 2 is 2.14 bits per heavy atom. The van der Waals surface area contributed by atoms with Crippen molar-refractivity contribution in [3.05, 3.63) is 57.5 Å². The summed E-state index contributed by atoms with van der Waals surface area (Å²) in [4.78, 5) is 18.2. The van der Waals surface area contributed by atoms with Crippen LogP contribution in [0.25, 0.3) is 0 Å². The molecule has 1 aromatic carbocycles. The lowest BCUT2D eigenvalue weighted by atomic mass is 10.0. The highest BCUT2D eigenvalue weighted by Crippen LogP contribution is 2.24. The predicted molar refractivity (Wildman–Crippen MR) is 87.9 cm³/mol. The number of nitrogens with zero attached hydrogens (tertiary/aromatic N) is 1. The Morgan fingerprint density at radius 3 is 2.81 bits per heavy atom. The van der Waals surface area contributed by atoms with Gasteiger partial charge in [-0.3, -0.25) is 4.79 Å². The maximum Gasteiger partial charge on any atom is 0.251 e. The summed E-state index contributed by atoms with van der Waals surface area (Å²) in [6.45, 7) is 7.24. The number of hydrogen-bond donors (Lipinski definition) is 2. The summed E-state index contributed by atoms with van der Waals surface area (Å²) in [6, 6.07) is 8.19. The van der Waals surface area contributed by atoms with Crippen LogP contribution in [-0.2, 0) is 0 Å². The molecule has 0 amide bonds. The third kappa shape index (κ3) is 4.44. The fraction of sp³-hybridized carbons (Fsp3) is 0.375. The van der Waals surface area contributed by atoms with Gasteiger partial charge in [0, 0.05) is 24.1 Å². The average Bonchev–Trinajstić information content (AvgIpc) is 2.44. The molecule has 2 N–H and O–H groups in total. The molecule has 0 aliphatic heterocycles. The van der Waals surface area contributed by atoms with Gasteiger partial charge in [0.05, 0.1) is 0 Å². The fourth-order valence-corrected chi connectivity index (χ4v) is 3.24. The van der Waals surface area contributed by atoms with E-state index >= 15 is 0 Å². The van der Waals surface area contributed by atoms with Crippen LogP contribution in [0.4, 0.5) is 0 Å². The third-order valence-electron chi connectivity index (χ3n) is 3.29. The molecule has 112 valence electrons. The maximum atomic E-state index is 11.3. The van der Waals surface area contributed by atoms with Crippen molar-refractivity contribution < 1.29 is 0 Å². The van der Waals surface area contributed by atoms with E-state index < -0.39 is 0 Å². The van der Waals surface area contributed by atoms with Crippen LogP contribution in [0.15, 0.2) is 40.4 Å². The van der Waals surface area contributed by atoms with Crippen molar-refractivity contribution in [1.29, 1.82) is 0 Å². The van der Waals surface area contributed by atoms with Gasteiger partial charge in [0.15, 0.2) is 5.16 Å². The van der Waals surface area contributed by atoms with Crippen LogP contribution in [0.3, 0.4) is 0 Å². The number of H-pyrrole nitrogens is 1. The van der Waals surface area contributed by atoms with Gasteiger partial charge in [-0.1, -0.05) is 42.4 Å². The summed E-state index contributed by atoms with van der Waals surface area (Å²) in [5.74, 6) is 0.824. The fourth-order valence-electron chi connectivity index (χ4n) is 2.31. The molecule has 0 aliphatic carbocycles. The smallest absolute Gasteiger partial charge is 0.251 e. The number of benzene rings is 1. The maximum absolute atomic E-state index is 11.3. The quantitative estimate of drug-likeness (QED) is 0.636. The van der Waals surface area contributed by atoms with Crippen LogP contribution < -0.4 is 10.9 Å². The molecule has 0 aliphatic rings. The van der Waals surface area contributed by atoms with Gasteiger partial charge in [-0.25, -0.2) is 4.98 Å². The first-order valence-electron chi connectivity index (χ1n) is 7.09. The minimum absolute atomic E-state index is 0.112. The van der Waals surface area contributed by atoms with Gasteiger partial charge in [0.1, 0.15) is 0 Å². The number of rotatable bonds is 6. The van der Waals surface area contributed by atoms with Crippen LogP contribution in [0.2, 0.25) is 0 Å². The summed E-state index contributed by atoms with van der Waals surface area (Å²) in [7, 11) is 0. The zero-order chi connectivity index (χ0) is 15.2. The zero-order valence-corrected chi connectivity index (χ0v) is 13.5. The molecule has 5 heteroatoms. The lowest BCUT2D eigenvalue weighted by Gasteiger charge is -2.20. The van der Waals surface area contributed by atoms with E-state index in [-0.39, 0.29) is 11.6 Å². The Kier molecular flexibility index (Phi) is 5.59. The Bertz CT molecular complexity index is 654. The lowest BCUT2D eigenvalue weighted by Crippen LogP contribution is -2.24. The minimum Gasteiger partial charge on any atom is -0.309 e. The SMILES string of the molecule is CCNC(CSc1nccc(=O)[nH]1)c1ccc(C)cc1C. The highest BCUT2D eigenvalue weighted by atomic mass is 32.2. The summed E-state index contributed by atoms with van der Waals surface area (Å²) in [5.41, 5.74) is 3.75. The van der Waals surface area contributed by atoms with Crippen molar-refractivity contribution in [3.63, 3.8) is 0 Å². The van der Waals surface area contributed by atoms with E-state index in [1.807, 2.05) is 0 Å². The van der Waals surface area contributed by atoms with Gasteiger partial charge in [-0.15, -0.1) is 0 Å². The molecule has 1 heterocycles. The third-order valence-corrected chi connectivity index (χ3v) is 4.27. The molecule has 0 saturated carbocycles. The Balaban J connectivity index is 2.13. The molecular weight excluding hydrogens is 282 g/mol. The van der Waals surface area contributed by atoms with E-state index in [9.17, 15) is 4.79 Å². The van der Waals surface area contributed by atoms with Crippen LogP contribution in [0, 0.1) is 13.8 Å². The van der Waals surface area contributed by atoms with Gasteiger partial charge in [-0.2, -0.15) is 0 Å². The first kappa shape index (κ1) is 15.8. The molecule has 2 aromatic rings. The molecule has 1 unspecified atom stereocenters. The van der Waals surface area contributed by atoms with Crippen LogP contribution >= 0.6 is 11.8 Å². The van der Waals surface area contributed by atoms with Gasteiger partial charge >= 0.3 is 0 Å². The van der Waals surface area contributed by atoms with Gasteiger partial charge in [0.2, 0.25) is 0 Å². The number of aromatic nitrogens is 2. The summed E-state index contributed by atoms with van der Waals surface area (Å²) < 4.78 is 0. The summed E-state index contributed by atoms with van der Waals surface area (Å²) in [6.07, 6.45) is 1.54. The van der Waals surface area contributed by atoms with Crippen molar-refractivity contribution in [2.45, 2.75) is 32.0 Å². The van der Waals surface area contributed by atoms with Crippen molar-refractivity contribution in [3.8, 4) is 0 Å². The monoisotopic (exact) mass is 303 g/mol. The largest absolute Gasteiger partial charge is 0.309 e. The zero-order valence-electron chi connectivity index (χ0n) is 12.6. The van der Waals surface area contributed by atoms with Crippen molar-refractivity contribution in [1.82, 2.24) is 15.3 Å². The highest BCUT2D eigenvalue weighted by molar-refractivity contribution is 7.99. The van der Waals surface area contributed by atoms with E-state index in [2.05, 4.69) is 54.3 Å². The van der Waals surface area contributed by atoms with E-state index in [1.165, 1.54) is 22.8 Å². The molecule has 4 nitrogen and oxygen atoms in total. The first-order chi connectivity index (χ1) is 10.1. The molecule has 21 heavy (non-hydrogen) atoms. The number of aromatic amines is 1. The van der Waals surface area contributed by atoms with E-state index in [0.29, 0.717) is 5.16 Å². The number of aryl methyl sites for hydroxylation is 2. The van der Waals surface area contributed by atoms with E-state index in [1.54, 1.807) is 18.0 Å². The van der Waals surface area contributed by atoms with Gasteiger partial charge < -0.3 is 10.3 Å². The van der Waals surface area contributed by atoms with Gasteiger partial charge in [0.25, 0.3) is 5.56 Å². The van der Waals surface area contributed by atoms with Crippen LogP contribution in [-0.4, -0.2) is 22.3 Å².